The van der Waals surface area contributed by atoms with Gasteiger partial charge in [-0.05, 0) is 98.5 Å². The van der Waals surface area contributed by atoms with Gasteiger partial charge in [-0.2, -0.15) is 36.9 Å². The fourth-order valence-electron chi connectivity index (χ4n) is 8.74. The van der Waals surface area contributed by atoms with Gasteiger partial charge in [0.2, 0.25) is 23.5 Å². The smallest absolute Gasteiger partial charge is 0.354 e. The van der Waals surface area contributed by atoms with Gasteiger partial charge in [0.1, 0.15) is 23.7 Å². The summed E-state index contributed by atoms with van der Waals surface area (Å²) in [5.41, 5.74) is 16.3. The van der Waals surface area contributed by atoms with Crippen molar-refractivity contribution in [3.8, 4) is 34.7 Å². The minimum atomic E-state index is -4.78. The number of carbonyl (C=O) groups is 3. The molecule has 4 amide bonds. The summed E-state index contributed by atoms with van der Waals surface area (Å²) in [6, 6.07) is 33.1. The molecule has 4 aromatic carbocycles. The number of rotatable bonds is 16. The highest BCUT2D eigenvalue weighted by atomic mass is 32.2. The molecule has 468 valence electrons. The molecule has 0 bridgehead atoms. The van der Waals surface area contributed by atoms with E-state index in [1.165, 1.54) is 12.1 Å². The van der Waals surface area contributed by atoms with E-state index in [2.05, 4.69) is 53.3 Å². The average Bonchev–Trinajstić information content (AvgIpc) is 4.26. The van der Waals surface area contributed by atoms with Gasteiger partial charge in [0, 0.05) is 69.1 Å². The van der Waals surface area contributed by atoms with Gasteiger partial charge < -0.3 is 42.5 Å². The second-order valence-electron chi connectivity index (χ2n) is 18.9. The summed E-state index contributed by atoms with van der Waals surface area (Å²) in [7, 11) is -6.22. The van der Waals surface area contributed by atoms with E-state index in [0.29, 0.717) is 100 Å². The number of hydrogen-bond donors (Lipinski definition) is 6. The first-order valence-corrected chi connectivity index (χ1v) is 29.0. The molecule has 88 heavy (non-hydrogen) atoms. The summed E-state index contributed by atoms with van der Waals surface area (Å²) < 4.78 is 133. The van der Waals surface area contributed by atoms with Crippen molar-refractivity contribution in [1.29, 1.82) is 10.5 Å². The van der Waals surface area contributed by atoms with Crippen molar-refractivity contribution in [2.45, 2.75) is 89.9 Å². The second-order valence-corrected chi connectivity index (χ2v) is 19.7. The Balaban J connectivity index is 0.000000324. The molecule has 2 aliphatic rings. The lowest BCUT2D eigenvalue weighted by Crippen LogP contribution is -2.44. The van der Waals surface area contributed by atoms with Crippen molar-refractivity contribution in [3.63, 3.8) is 0 Å². The van der Waals surface area contributed by atoms with Crippen LogP contribution in [0.3, 0.4) is 0 Å². The van der Waals surface area contributed by atoms with E-state index in [9.17, 15) is 40.7 Å². The molecular formula is C57H62F6N14O9S2. The maximum Gasteiger partial charge on any atom is 0.451 e. The molecule has 2 fully saturated rings. The molecule has 2 aromatic heterocycles. The first-order chi connectivity index (χ1) is 41.8. The monoisotopic (exact) mass is 1260 g/mol. The van der Waals surface area contributed by atoms with E-state index in [0.717, 1.165) is 28.8 Å². The zero-order valence-electron chi connectivity index (χ0n) is 47.4. The van der Waals surface area contributed by atoms with Crippen LogP contribution < -0.4 is 42.5 Å². The van der Waals surface area contributed by atoms with Gasteiger partial charge in [-0.3, -0.25) is 9.59 Å². The average molecular weight is 1270 g/mol. The fourth-order valence-corrected chi connectivity index (χ4v) is 8.74. The zero-order valence-corrected chi connectivity index (χ0v) is 49.1. The molecule has 0 spiro atoms. The summed E-state index contributed by atoms with van der Waals surface area (Å²) in [5.74, 6) is -2.96. The SMILES string of the molecule is CCN.CCNC(=O)NCc1ccc(-c2cc(N3CCC[C@H]3C(=O)NCCc3ccc(C#N)cc3)nc(C(F)(F)F)n2)cc1.N#Cc1ccc(CCNC(=O)[C@@H]2CCCN2c2cc(-c3ccc(CN)cc3)nc(C(F)(F)F)n2)cc1.O=S(=O)=O.O=S(=O)=O. The topological polar surface area (TPSA) is 359 Å². The highest BCUT2D eigenvalue weighted by Gasteiger charge is 2.40. The van der Waals surface area contributed by atoms with Crippen molar-refractivity contribution in [2.24, 2.45) is 11.5 Å². The molecular weight excluding hydrogens is 1200 g/mol. The van der Waals surface area contributed by atoms with Gasteiger partial charge in [-0.25, -0.2) is 24.7 Å². The number of benzene rings is 4. The van der Waals surface area contributed by atoms with E-state index in [-0.39, 0.29) is 47.4 Å². The van der Waals surface area contributed by atoms with Crippen LogP contribution in [0, 0.1) is 22.7 Å². The number of aromatic nitrogens is 4. The molecule has 2 aliphatic heterocycles. The number of carbonyl (C=O) groups excluding carboxylic acids is 3. The number of alkyl halides is 6. The highest BCUT2D eigenvalue weighted by Crippen LogP contribution is 2.35. The van der Waals surface area contributed by atoms with Crippen molar-refractivity contribution >= 4 is 50.7 Å². The minimum absolute atomic E-state index is 0.0362. The van der Waals surface area contributed by atoms with Gasteiger partial charge in [0.15, 0.2) is 0 Å². The number of amides is 4. The summed E-state index contributed by atoms with van der Waals surface area (Å²) in [6.45, 7) is 7.02. The van der Waals surface area contributed by atoms with Crippen LogP contribution in [0.2, 0.25) is 0 Å². The number of nitriles is 2. The lowest BCUT2D eigenvalue weighted by Gasteiger charge is -2.26. The van der Waals surface area contributed by atoms with Gasteiger partial charge in [0.05, 0.1) is 34.7 Å². The molecule has 8 rings (SSSR count). The van der Waals surface area contributed by atoms with Crippen LogP contribution in [0.25, 0.3) is 22.5 Å². The third-order valence-electron chi connectivity index (χ3n) is 12.7. The number of halogens is 6. The van der Waals surface area contributed by atoms with E-state index in [1.807, 2.05) is 31.2 Å². The van der Waals surface area contributed by atoms with Crippen molar-refractivity contribution in [1.82, 2.24) is 41.2 Å². The predicted molar refractivity (Wildman–Crippen MR) is 309 cm³/mol. The van der Waals surface area contributed by atoms with Gasteiger partial charge in [0.25, 0.3) is 0 Å². The molecule has 8 N–H and O–H groups in total. The molecule has 23 nitrogen and oxygen atoms in total. The molecule has 0 radical (unpaired) electrons. The van der Waals surface area contributed by atoms with Crippen LogP contribution in [0.4, 0.5) is 42.8 Å². The maximum absolute atomic E-state index is 13.8. The molecule has 4 heterocycles. The fraction of sp³-hybridized carbons (Fsp3) is 0.351. The second kappa shape index (κ2) is 35.3. The first kappa shape index (κ1) is 71.1. The minimum Gasteiger partial charge on any atom is -0.354 e. The summed E-state index contributed by atoms with van der Waals surface area (Å²) in [4.78, 5) is 56.0. The molecule has 6 aromatic rings. The Morgan fingerprint density at radius 1 is 0.557 bits per heavy atom. The predicted octanol–water partition coefficient (Wildman–Crippen LogP) is 5.96. The van der Waals surface area contributed by atoms with Crippen LogP contribution in [0.5, 0.6) is 0 Å². The standard InChI is InChI=1S/C29H30F3N7O2.C26H25F3N6O.C2H7N.2O3S/c1-2-34-28(41)36-18-21-9-11-22(12-10-21)23-16-25(38-27(37-23)29(30,31)32)39-15-3-4-24(39)26(40)35-14-13-19-5-7-20(17-33)8-6-19;27-26(28,29)25-33-21(20-9-7-19(16-31)8-10-20)14-23(34-25)35-13-1-2-22(35)24(36)32-12-11-17-3-5-18(15-30)6-4-17;1-2-3;2*1-4(2)3/h5-12,16,24H,2-4,13-15,18H2,1H3,(H,35,40)(H2,34,36,41);3-10,14,22H,1-2,11-13,16,31H2,(H,32,36);2-3H2,1H3;;/t24-;22-;;;/m00.../s1. The van der Waals surface area contributed by atoms with Crippen LogP contribution in [-0.2, 0) is 69.1 Å². The van der Waals surface area contributed by atoms with Crippen LogP contribution in [0.15, 0.2) is 109 Å². The van der Waals surface area contributed by atoms with Crippen molar-refractivity contribution < 1.29 is 66.0 Å². The zero-order chi connectivity index (χ0) is 65.0. The highest BCUT2D eigenvalue weighted by molar-refractivity contribution is 7.59. The molecule has 2 atom stereocenters. The summed E-state index contributed by atoms with van der Waals surface area (Å²) in [5, 5.41) is 28.9. The van der Waals surface area contributed by atoms with Gasteiger partial charge in [-0.1, -0.05) is 79.7 Å². The van der Waals surface area contributed by atoms with Gasteiger partial charge >= 0.3 is 39.6 Å². The summed E-state index contributed by atoms with van der Waals surface area (Å²) >= 11 is 0. The lowest BCUT2D eigenvalue weighted by molar-refractivity contribution is -0.145. The van der Waals surface area contributed by atoms with Crippen molar-refractivity contribution in [2.75, 3.05) is 49.1 Å². The number of nitrogens with one attached hydrogen (secondary N) is 4. The number of nitrogens with two attached hydrogens (primary N) is 2. The van der Waals surface area contributed by atoms with Crippen molar-refractivity contribution in [3.05, 3.63) is 154 Å². The Morgan fingerprint density at radius 3 is 1.24 bits per heavy atom. The molecule has 0 unspecified atom stereocenters. The van der Waals surface area contributed by atoms with Gasteiger partial charge in [-0.15, -0.1) is 25.3 Å². The largest absolute Gasteiger partial charge is 0.451 e. The Morgan fingerprint density at radius 2 is 0.909 bits per heavy atom. The molecule has 31 heteroatoms. The Bertz CT molecular complexity index is 3560. The van der Waals surface area contributed by atoms with E-state index in [1.54, 1.807) is 89.5 Å². The van der Waals surface area contributed by atoms with Crippen LogP contribution in [0.1, 0.15) is 84.6 Å². The lowest BCUT2D eigenvalue weighted by atomic mass is 10.1. The maximum atomic E-state index is 13.8. The van der Waals surface area contributed by atoms with Crippen LogP contribution in [-0.4, -0.2) is 114 Å². The Kier molecular flexibility index (Phi) is 28.5. The third-order valence-corrected chi connectivity index (χ3v) is 12.7. The van der Waals surface area contributed by atoms with E-state index >= 15 is 0 Å². The normalized spacial score (nSPS) is 14.0. The molecule has 2 saturated heterocycles. The quantitative estimate of drug-likeness (QED) is 0.0609. The molecule has 0 saturated carbocycles. The van der Waals surface area contributed by atoms with E-state index < -0.39 is 57.3 Å². The number of hydrogen-bond acceptors (Lipinski definition) is 19. The first-order valence-electron chi connectivity index (χ1n) is 27.0. The third kappa shape index (κ3) is 23.4. The number of nitrogens with zero attached hydrogens (tertiary/aromatic N) is 8. The number of anilines is 2. The Labute approximate surface area is 505 Å². The molecule has 0 aliphatic carbocycles. The summed E-state index contributed by atoms with van der Waals surface area (Å²) in [6.07, 6.45) is -6.12. The number of urea groups is 1. The van der Waals surface area contributed by atoms with Crippen LogP contribution >= 0.6 is 0 Å². The van der Waals surface area contributed by atoms with E-state index in [4.69, 9.17) is 47.2 Å². The Hall–Kier alpha value is -9.43.